The van der Waals surface area contributed by atoms with Gasteiger partial charge in [0.2, 0.25) is 0 Å². The highest BCUT2D eigenvalue weighted by Crippen LogP contribution is 2.19. The molecule has 0 fully saturated rings. The van der Waals surface area contributed by atoms with Crippen molar-refractivity contribution in [2.24, 2.45) is 0 Å². The van der Waals surface area contributed by atoms with Gasteiger partial charge >= 0.3 is 0 Å². The lowest BCUT2D eigenvalue weighted by Gasteiger charge is -2.09. The van der Waals surface area contributed by atoms with Crippen LogP contribution in [0.3, 0.4) is 0 Å². The third kappa shape index (κ3) is 2.89. The number of phenolic OH excluding ortho intramolecular Hbond substituents is 1. The second-order valence-electron chi connectivity index (χ2n) is 4.15. The van der Waals surface area contributed by atoms with Gasteiger partial charge in [0.1, 0.15) is 5.75 Å². The number of pyridine rings is 1. The summed E-state index contributed by atoms with van der Waals surface area (Å²) < 4.78 is 0. The number of anilines is 1. The van der Waals surface area contributed by atoms with Gasteiger partial charge < -0.3 is 15.5 Å². The molecule has 2 rings (SSSR count). The molecular weight excluding hydrogens is 244 g/mol. The molecule has 1 aromatic carbocycles. The highest BCUT2D eigenvalue weighted by Gasteiger charge is 2.10. The fourth-order valence-corrected chi connectivity index (χ4v) is 1.62. The first-order valence-corrected chi connectivity index (χ1v) is 5.76. The Morgan fingerprint density at radius 2 is 2.16 bits per heavy atom. The lowest BCUT2D eigenvalue weighted by atomic mass is 10.1. The van der Waals surface area contributed by atoms with Crippen molar-refractivity contribution in [2.75, 3.05) is 5.32 Å². The lowest BCUT2D eigenvalue weighted by Crippen LogP contribution is -2.13. The maximum absolute atomic E-state index is 12.0. The van der Waals surface area contributed by atoms with Crippen molar-refractivity contribution in [3.05, 3.63) is 53.3 Å². The van der Waals surface area contributed by atoms with Gasteiger partial charge in [-0.15, -0.1) is 0 Å². The molecule has 0 spiro atoms. The van der Waals surface area contributed by atoms with Crippen LogP contribution in [0.15, 0.2) is 36.7 Å². The second-order valence-corrected chi connectivity index (χ2v) is 4.15. The number of aromatic nitrogens is 1. The Kier molecular flexibility index (Phi) is 3.77. The van der Waals surface area contributed by atoms with Crippen LogP contribution in [-0.2, 0) is 6.61 Å². The van der Waals surface area contributed by atoms with Crippen LogP contribution >= 0.6 is 0 Å². The number of carbonyl (C=O) groups excluding carboxylic acids is 1. The predicted octanol–water partition coefficient (Wildman–Crippen LogP) is 1.84. The summed E-state index contributed by atoms with van der Waals surface area (Å²) >= 11 is 0. The topological polar surface area (TPSA) is 82.5 Å². The zero-order valence-corrected chi connectivity index (χ0v) is 10.4. The number of aliphatic hydroxyl groups excluding tert-OH is 1. The summed E-state index contributed by atoms with van der Waals surface area (Å²) in [7, 11) is 0. The Morgan fingerprint density at radius 1 is 1.37 bits per heavy atom. The van der Waals surface area contributed by atoms with Crippen LogP contribution in [0.5, 0.6) is 5.75 Å². The summed E-state index contributed by atoms with van der Waals surface area (Å²) in [4.78, 5) is 15.9. The number of aliphatic hydroxyl groups is 1. The summed E-state index contributed by atoms with van der Waals surface area (Å²) in [6.07, 6.45) is 3.01. The number of hydrogen-bond donors (Lipinski definition) is 3. The molecule has 1 heterocycles. The molecule has 1 aromatic heterocycles. The number of aryl methyl sites for hydroxylation is 1. The minimum Gasteiger partial charge on any atom is -0.508 e. The first kappa shape index (κ1) is 13.0. The fourth-order valence-electron chi connectivity index (χ4n) is 1.62. The van der Waals surface area contributed by atoms with Gasteiger partial charge in [-0.1, -0.05) is 6.07 Å². The highest BCUT2D eigenvalue weighted by molar-refractivity contribution is 6.04. The van der Waals surface area contributed by atoms with Crippen LogP contribution in [0, 0.1) is 6.92 Å². The molecule has 19 heavy (non-hydrogen) atoms. The number of aromatic hydroxyl groups is 1. The third-order valence-corrected chi connectivity index (χ3v) is 2.80. The van der Waals surface area contributed by atoms with E-state index in [0.717, 1.165) is 0 Å². The summed E-state index contributed by atoms with van der Waals surface area (Å²) in [6.45, 7) is 1.57. The molecular formula is C14H14N2O3. The number of amides is 1. The lowest BCUT2D eigenvalue weighted by molar-refractivity contribution is 0.102. The highest BCUT2D eigenvalue weighted by atomic mass is 16.3. The van der Waals surface area contributed by atoms with Crippen LogP contribution in [0.25, 0.3) is 0 Å². The Hall–Kier alpha value is -2.40. The molecule has 0 saturated heterocycles. The predicted molar refractivity (Wildman–Crippen MR) is 71.0 cm³/mol. The van der Waals surface area contributed by atoms with Crippen molar-refractivity contribution >= 4 is 11.6 Å². The van der Waals surface area contributed by atoms with Gasteiger partial charge in [-0.3, -0.25) is 9.78 Å². The Balaban J connectivity index is 2.23. The zero-order chi connectivity index (χ0) is 13.8. The number of nitrogens with one attached hydrogen (secondary N) is 1. The normalized spacial score (nSPS) is 10.2. The summed E-state index contributed by atoms with van der Waals surface area (Å²) in [5.41, 5.74) is 2.08. The SMILES string of the molecule is Cc1ccc(C(=O)Nc2cnccc2CO)cc1O. The Labute approximate surface area is 110 Å². The van der Waals surface area contributed by atoms with Gasteiger partial charge in [0.25, 0.3) is 5.91 Å². The maximum Gasteiger partial charge on any atom is 0.255 e. The van der Waals surface area contributed by atoms with Crippen molar-refractivity contribution in [1.82, 2.24) is 4.98 Å². The van der Waals surface area contributed by atoms with E-state index in [1.54, 1.807) is 31.3 Å². The summed E-state index contributed by atoms with van der Waals surface area (Å²) in [6, 6.07) is 6.32. The average Bonchev–Trinajstić information content (AvgIpc) is 2.42. The molecule has 3 N–H and O–H groups in total. The molecule has 0 radical (unpaired) electrons. The molecule has 0 saturated carbocycles. The first-order valence-electron chi connectivity index (χ1n) is 5.76. The summed E-state index contributed by atoms with van der Waals surface area (Å²) in [5, 5.41) is 21.4. The number of phenols is 1. The van der Waals surface area contributed by atoms with Gasteiger partial charge in [-0.25, -0.2) is 0 Å². The molecule has 0 aliphatic carbocycles. The van der Waals surface area contributed by atoms with E-state index in [-0.39, 0.29) is 18.3 Å². The largest absolute Gasteiger partial charge is 0.508 e. The molecule has 0 aliphatic heterocycles. The van der Waals surface area contributed by atoms with E-state index in [1.807, 2.05) is 0 Å². The van der Waals surface area contributed by atoms with E-state index >= 15 is 0 Å². The van der Waals surface area contributed by atoms with Gasteiger partial charge in [0.05, 0.1) is 18.5 Å². The molecule has 1 amide bonds. The van der Waals surface area contributed by atoms with Crippen molar-refractivity contribution in [1.29, 1.82) is 0 Å². The van der Waals surface area contributed by atoms with Gasteiger partial charge in [0, 0.05) is 17.3 Å². The third-order valence-electron chi connectivity index (χ3n) is 2.80. The van der Waals surface area contributed by atoms with Gasteiger partial charge in [-0.2, -0.15) is 0 Å². The smallest absolute Gasteiger partial charge is 0.255 e. The van der Waals surface area contributed by atoms with Gasteiger partial charge in [0.15, 0.2) is 0 Å². The average molecular weight is 258 g/mol. The number of carbonyl (C=O) groups is 1. The summed E-state index contributed by atoms with van der Waals surface area (Å²) in [5.74, 6) is -0.292. The van der Waals surface area contributed by atoms with Crippen LogP contribution < -0.4 is 5.32 Å². The molecule has 5 heteroatoms. The van der Waals surface area contributed by atoms with E-state index in [0.29, 0.717) is 22.4 Å². The van der Waals surface area contributed by atoms with E-state index in [9.17, 15) is 9.90 Å². The van der Waals surface area contributed by atoms with E-state index < -0.39 is 0 Å². The fraction of sp³-hybridized carbons (Fsp3) is 0.143. The van der Waals surface area contributed by atoms with E-state index in [1.165, 1.54) is 12.3 Å². The molecule has 0 aliphatic rings. The quantitative estimate of drug-likeness (QED) is 0.784. The molecule has 98 valence electrons. The van der Waals surface area contributed by atoms with Crippen LogP contribution in [0.4, 0.5) is 5.69 Å². The number of hydrogen-bond acceptors (Lipinski definition) is 4. The number of benzene rings is 1. The first-order chi connectivity index (χ1) is 9.11. The number of rotatable bonds is 3. The molecule has 0 bridgehead atoms. The van der Waals surface area contributed by atoms with Crippen molar-refractivity contribution in [3.63, 3.8) is 0 Å². The molecule has 0 unspecified atom stereocenters. The van der Waals surface area contributed by atoms with Crippen molar-refractivity contribution < 1.29 is 15.0 Å². The minimum absolute atomic E-state index is 0.0706. The Bertz CT molecular complexity index is 611. The number of nitrogens with zero attached hydrogens (tertiary/aromatic N) is 1. The van der Waals surface area contributed by atoms with Crippen molar-refractivity contribution in [2.45, 2.75) is 13.5 Å². The van der Waals surface area contributed by atoms with E-state index in [4.69, 9.17) is 5.11 Å². The van der Waals surface area contributed by atoms with Crippen LogP contribution in [0.1, 0.15) is 21.5 Å². The molecule has 5 nitrogen and oxygen atoms in total. The second kappa shape index (κ2) is 5.49. The monoisotopic (exact) mass is 258 g/mol. The van der Waals surface area contributed by atoms with Crippen LogP contribution in [-0.4, -0.2) is 21.1 Å². The van der Waals surface area contributed by atoms with E-state index in [2.05, 4.69) is 10.3 Å². The van der Waals surface area contributed by atoms with Crippen molar-refractivity contribution in [3.8, 4) is 5.75 Å². The molecule has 2 aromatic rings. The van der Waals surface area contributed by atoms with Gasteiger partial charge in [-0.05, 0) is 30.7 Å². The molecule has 0 atom stereocenters. The maximum atomic E-state index is 12.0. The standard InChI is InChI=1S/C14H14N2O3/c1-9-2-3-10(6-13(9)18)14(19)16-12-7-15-5-4-11(12)8-17/h2-7,17-18H,8H2,1H3,(H,16,19). The Morgan fingerprint density at radius 3 is 2.84 bits per heavy atom. The zero-order valence-electron chi connectivity index (χ0n) is 10.4. The van der Waals surface area contributed by atoms with Crippen LogP contribution in [0.2, 0.25) is 0 Å². The minimum atomic E-state index is -0.363.